The fourth-order valence-corrected chi connectivity index (χ4v) is 2.76. The molecule has 0 saturated heterocycles. The first-order valence-corrected chi connectivity index (χ1v) is 7.52. The van der Waals surface area contributed by atoms with Crippen LogP contribution >= 0.6 is 0 Å². The zero-order valence-corrected chi connectivity index (χ0v) is 12.0. The summed E-state index contributed by atoms with van der Waals surface area (Å²) in [5, 5.41) is 10.6. The molecule has 6 nitrogen and oxygen atoms in total. The van der Waals surface area contributed by atoms with E-state index in [1.807, 2.05) is 6.92 Å². The molecule has 2 rings (SSSR count). The summed E-state index contributed by atoms with van der Waals surface area (Å²) >= 11 is 0. The first-order chi connectivity index (χ1) is 9.77. The number of nitro groups is 1. The molecule has 0 atom stereocenters. The summed E-state index contributed by atoms with van der Waals surface area (Å²) in [5.74, 6) is 0. The van der Waals surface area contributed by atoms with E-state index in [-0.39, 0.29) is 17.0 Å². The van der Waals surface area contributed by atoms with Gasteiger partial charge < -0.3 is 0 Å². The molecular formula is C14H13NO5S. The molecule has 0 unspecified atom stereocenters. The van der Waals surface area contributed by atoms with Crippen molar-refractivity contribution in [1.29, 1.82) is 0 Å². The number of benzene rings is 2. The van der Waals surface area contributed by atoms with E-state index >= 15 is 0 Å². The average Bonchev–Trinajstić information content (AvgIpc) is 2.38. The maximum absolute atomic E-state index is 11.4. The van der Waals surface area contributed by atoms with E-state index in [2.05, 4.69) is 0 Å². The molecule has 0 aliphatic rings. The number of aryl methyl sites for hydroxylation is 1. The molecule has 0 spiro atoms. The summed E-state index contributed by atoms with van der Waals surface area (Å²) in [6.45, 7) is 1.81. The van der Waals surface area contributed by atoms with Gasteiger partial charge in [-0.2, -0.15) is 8.42 Å². The molecule has 0 heterocycles. The fourth-order valence-electron chi connectivity index (χ4n) is 2.05. The summed E-state index contributed by atoms with van der Waals surface area (Å²) in [6.07, 6.45) is 0.259. The van der Waals surface area contributed by atoms with Gasteiger partial charge in [0.15, 0.2) is 0 Å². The molecular weight excluding hydrogens is 294 g/mol. The Morgan fingerprint density at radius 3 is 2.29 bits per heavy atom. The van der Waals surface area contributed by atoms with Crippen molar-refractivity contribution >= 4 is 15.8 Å². The highest BCUT2D eigenvalue weighted by Crippen LogP contribution is 2.22. The number of nitrogens with zero attached hydrogens (tertiary/aromatic N) is 1. The lowest BCUT2D eigenvalue weighted by Crippen LogP contribution is -2.04. The topological polar surface area (TPSA) is 97.5 Å². The van der Waals surface area contributed by atoms with Crippen molar-refractivity contribution in [2.45, 2.75) is 18.2 Å². The zero-order chi connectivity index (χ0) is 15.6. The summed E-state index contributed by atoms with van der Waals surface area (Å²) < 4.78 is 32.0. The SMILES string of the molecule is Cc1ccc(S(=O)(=O)O)c(Cc2ccc([N+](=O)[O-])cc2)c1. The molecule has 2 aromatic carbocycles. The van der Waals surface area contributed by atoms with Gasteiger partial charge in [0, 0.05) is 12.1 Å². The van der Waals surface area contributed by atoms with Gasteiger partial charge in [0.1, 0.15) is 0 Å². The van der Waals surface area contributed by atoms with Crippen LogP contribution in [0.2, 0.25) is 0 Å². The monoisotopic (exact) mass is 307 g/mol. The van der Waals surface area contributed by atoms with E-state index in [0.717, 1.165) is 11.1 Å². The second-order valence-electron chi connectivity index (χ2n) is 4.69. The van der Waals surface area contributed by atoms with Gasteiger partial charge in [-0.1, -0.05) is 29.8 Å². The molecule has 0 saturated carbocycles. The maximum Gasteiger partial charge on any atom is 0.294 e. The number of hydrogen-bond acceptors (Lipinski definition) is 4. The smallest absolute Gasteiger partial charge is 0.282 e. The second-order valence-corrected chi connectivity index (χ2v) is 6.08. The first-order valence-electron chi connectivity index (χ1n) is 6.08. The fraction of sp³-hybridized carbons (Fsp3) is 0.143. The quantitative estimate of drug-likeness (QED) is 0.532. The van der Waals surface area contributed by atoms with Crippen molar-refractivity contribution < 1.29 is 17.9 Å². The third-order valence-corrected chi connectivity index (χ3v) is 3.99. The summed E-state index contributed by atoms with van der Waals surface area (Å²) in [4.78, 5) is 9.95. The van der Waals surface area contributed by atoms with Crippen LogP contribution in [0.5, 0.6) is 0 Å². The highest BCUT2D eigenvalue weighted by atomic mass is 32.2. The standard InChI is InChI=1S/C14H13NO5S/c1-10-2-7-14(21(18,19)20)12(8-10)9-11-3-5-13(6-4-11)15(16)17/h2-8H,9H2,1H3,(H,18,19,20). The van der Waals surface area contributed by atoms with Crippen molar-refractivity contribution in [3.8, 4) is 0 Å². The molecule has 21 heavy (non-hydrogen) atoms. The third kappa shape index (κ3) is 3.65. The Bertz CT molecular complexity index is 782. The maximum atomic E-state index is 11.4. The van der Waals surface area contributed by atoms with Crippen molar-refractivity contribution in [1.82, 2.24) is 0 Å². The highest BCUT2D eigenvalue weighted by molar-refractivity contribution is 7.85. The molecule has 0 radical (unpaired) electrons. The van der Waals surface area contributed by atoms with Crippen LogP contribution in [0, 0.1) is 17.0 Å². The molecule has 0 fully saturated rings. The van der Waals surface area contributed by atoms with Crippen molar-refractivity contribution in [2.24, 2.45) is 0 Å². The molecule has 0 aliphatic heterocycles. The Labute approximate surface area is 121 Å². The number of non-ortho nitro benzene ring substituents is 1. The summed E-state index contributed by atoms with van der Waals surface area (Å²) in [5.41, 5.74) is 2.00. The minimum atomic E-state index is -4.30. The number of rotatable bonds is 4. The van der Waals surface area contributed by atoms with E-state index in [9.17, 15) is 23.1 Å². The second kappa shape index (κ2) is 5.63. The predicted octanol–water partition coefficient (Wildman–Crippen LogP) is 2.74. The van der Waals surface area contributed by atoms with Crippen LogP contribution in [0.3, 0.4) is 0 Å². The molecule has 0 amide bonds. The van der Waals surface area contributed by atoms with Crippen molar-refractivity contribution in [3.63, 3.8) is 0 Å². The van der Waals surface area contributed by atoms with Crippen molar-refractivity contribution in [3.05, 3.63) is 69.3 Å². The summed E-state index contributed by atoms with van der Waals surface area (Å²) in [6, 6.07) is 10.5. The van der Waals surface area contributed by atoms with Crippen LogP contribution in [-0.4, -0.2) is 17.9 Å². The van der Waals surface area contributed by atoms with Gasteiger partial charge in [0.2, 0.25) is 0 Å². The van der Waals surface area contributed by atoms with E-state index in [0.29, 0.717) is 5.56 Å². The lowest BCUT2D eigenvalue weighted by Gasteiger charge is -2.08. The van der Waals surface area contributed by atoms with Crippen LogP contribution < -0.4 is 0 Å². The van der Waals surface area contributed by atoms with Gasteiger partial charge in [0.25, 0.3) is 15.8 Å². The Balaban J connectivity index is 2.39. The Kier molecular flexibility index (Phi) is 4.06. The van der Waals surface area contributed by atoms with Gasteiger partial charge in [-0.25, -0.2) is 0 Å². The minimum absolute atomic E-state index is 0.0296. The number of nitro benzene ring substituents is 1. The van der Waals surface area contributed by atoms with Crippen LogP contribution in [0.25, 0.3) is 0 Å². The summed E-state index contributed by atoms with van der Waals surface area (Å²) in [7, 11) is -4.30. The largest absolute Gasteiger partial charge is 0.294 e. The lowest BCUT2D eigenvalue weighted by atomic mass is 10.0. The Hall–Kier alpha value is -2.25. The van der Waals surface area contributed by atoms with Crippen LogP contribution in [0.4, 0.5) is 5.69 Å². The zero-order valence-electron chi connectivity index (χ0n) is 11.2. The predicted molar refractivity (Wildman–Crippen MR) is 76.9 cm³/mol. The first kappa shape index (κ1) is 15.1. The third-order valence-electron chi connectivity index (χ3n) is 3.04. The number of hydrogen-bond donors (Lipinski definition) is 1. The van der Waals surface area contributed by atoms with Crippen LogP contribution in [-0.2, 0) is 16.5 Å². The molecule has 2 aromatic rings. The molecule has 110 valence electrons. The van der Waals surface area contributed by atoms with Gasteiger partial charge in [-0.15, -0.1) is 0 Å². The van der Waals surface area contributed by atoms with E-state index in [1.54, 1.807) is 24.3 Å². The molecule has 7 heteroatoms. The minimum Gasteiger partial charge on any atom is -0.282 e. The van der Waals surface area contributed by atoms with Gasteiger partial charge >= 0.3 is 0 Å². The van der Waals surface area contributed by atoms with Crippen LogP contribution in [0.15, 0.2) is 47.4 Å². The highest BCUT2D eigenvalue weighted by Gasteiger charge is 2.16. The van der Waals surface area contributed by atoms with Gasteiger partial charge in [-0.05, 0) is 30.5 Å². The molecule has 0 bridgehead atoms. The van der Waals surface area contributed by atoms with E-state index < -0.39 is 15.0 Å². The van der Waals surface area contributed by atoms with Crippen molar-refractivity contribution in [2.75, 3.05) is 0 Å². The Morgan fingerprint density at radius 2 is 1.76 bits per heavy atom. The van der Waals surface area contributed by atoms with Gasteiger partial charge in [0.05, 0.1) is 9.82 Å². The molecule has 1 N–H and O–H groups in total. The average molecular weight is 307 g/mol. The molecule has 0 aliphatic carbocycles. The van der Waals surface area contributed by atoms with Crippen LogP contribution in [0.1, 0.15) is 16.7 Å². The van der Waals surface area contributed by atoms with E-state index in [1.165, 1.54) is 18.2 Å². The molecule has 0 aromatic heterocycles. The lowest BCUT2D eigenvalue weighted by molar-refractivity contribution is -0.384. The van der Waals surface area contributed by atoms with E-state index in [4.69, 9.17) is 0 Å². The Morgan fingerprint density at radius 1 is 1.14 bits per heavy atom. The van der Waals surface area contributed by atoms with Gasteiger partial charge in [-0.3, -0.25) is 14.7 Å². The normalized spacial score (nSPS) is 11.3.